The topological polar surface area (TPSA) is 134 Å². The standard InChI is InChI=1S/C28H46N2O5/c1-17(5-4-14-31)20-10-13-28(30)22-7-6-18-15-19(35-25(34)23(29)16-24(32)33)8-11-26(18,2)21(22)9-12-27(20,28)3/h14,17-23H,4-13,15-16,29-30H2,1-3H3,(H,32,33)/p+1. The van der Waals surface area contributed by atoms with E-state index in [4.69, 9.17) is 21.3 Å². The van der Waals surface area contributed by atoms with Crippen molar-refractivity contribution < 1.29 is 30.0 Å². The van der Waals surface area contributed by atoms with Crippen molar-refractivity contribution in [2.45, 2.75) is 116 Å². The van der Waals surface area contributed by atoms with Gasteiger partial charge in [0.15, 0.2) is 0 Å². The number of aliphatic carboxylic acids is 1. The molecule has 0 aromatic rings. The zero-order valence-corrected chi connectivity index (χ0v) is 22.0. The van der Waals surface area contributed by atoms with Crippen molar-refractivity contribution in [2.24, 2.45) is 46.2 Å². The van der Waals surface area contributed by atoms with Crippen LogP contribution in [-0.4, -0.2) is 41.0 Å². The third-order valence-electron chi connectivity index (χ3n) is 11.6. The minimum Gasteiger partial charge on any atom is -0.481 e. The lowest BCUT2D eigenvalue weighted by Crippen LogP contribution is -2.84. The fraction of sp³-hybridized carbons (Fsp3) is 0.893. The van der Waals surface area contributed by atoms with Crippen LogP contribution in [0.3, 0.4) is 0 Å². The number of carbonyl (C=O) groups excluding carboxylic acids is 2. The first-order valence-corrected chi connectivity index (χ1v) is 13.9. The lowest BCUT2D eigenvalue weighted by Gasteiger charge is -2.63. The zero-order chi connectivity index (χ0) is 25.6. The minimum atomic E-state index is -1.09. The van der Waals surface area contributed by atoms with Crippen LogP contribution in [0.4, 0.5) is 0 Å². The maximum absolute atomic E-state index is 12.3. The number of hydrogen-bond acceptors (Lipinski definition) is 5. The summed E-state index contributed by atoms with van der Waals surface area (Å²) >= 11 is 0. The van der Waals surface area contributed by atoms with E-state index in [-0.39, 0.29) is 22.5 Å². The molecule has 0 bridgehead atoms. The summed E-state index contributed by atoms with van der Waals surface area (Å²) in [6, 6.07) is -1.09. The molecule has 198 valence electrons. The number of esters is 1. The van der Waals surface area contributed by atoms with Crippen molar-refractivity contribution in [3.63, 3.8) is 0 Å². The van der Waals surface area contributed by atoms with Gasteiger partial charge in [0.1, 0.15) is 24.0 Å². The van der Waals surface area contributed by atoms with Crippen LogP contribution in [0.1, 0.15) is 97.8 Å². The van der Waals surface area contributed by atoms with E-state index in [0.29, 0.717) is 36.0 Å². The summed E-state index contributed by atoms with van der Waals surface area (Å²) in [4.78, 5) is 34.2. The molecular formula is C28H47N2O5+. The molecule has 7 heteroatoms. The van der Waals surface area contributed by atoms with E-state index < -0.39 is 24.4 Å². The molecule has 4 fully saturated rings. The van der Waals surface area contributed by atoms with Gasteiger partial charge in [0.05, 0.1) is 6.42 Å². The smallest absolute Gasteiger partial charge is 0.323 e. The van der Waals surface area contributed by atoms with E-state index in [2.05, 4.69) is 20.8 Å². The molecule has 0 radical (unpaired) electrons. The van der Waals surface area contributed by atoms with Crippen molar-refractivity contribution in [2.75, 3.05) is 0 Å². The second-order valence-corrected chi connectivity index (χ2v) is 13.0. The molecule has 7 nitrogen and oxygen atoms in total. The highest BCUT2D eigenvalue weighted by Gasteiger charge is 2.69. The molecule has 0 aromatic heterocycles. The Morgan fingerprint density at radius 2 is 1.86 bits per heavy atom. The van der Waals surface area contributed by atoms with Gasteiger partial charge >= 0.3 is 11.9 Å². The van der Waals surface area contributed by atoms with E-state index in [1.165, 1.54) is 32.1 Å². The number of ether oxygens (including phenoxy) is 1. The van der Waals surface area contributed by atoms with Crippen LogP contribution in [0, 0.1) is 40.4 Å². The third-order valence-corrected chi connectivity index (χ3v) is 11.6. The third kappa shape index (κ3) is 4.45. The monoisotopic (exact) mass is 491 g/mol. The van der Waals surface area contributed by atoms with Gasteiger partial charge in [0.2, 0.25) is 0 Å². The lowest BCUT2D eigenvalue weighted by atomic mass is 9.42. The molecule has 4 rings (SSSR count). The molecule has 6 N–H and O–H groups in total. The Morgan fingerprint density at radius 3 is 2.54 bits per heavy atom. The van der Waals surface area contributed by atoms with Gasteiger partial charge in [-0.2, -0.15) is 0 Å². The first kappa shape index (κ1) is 26.6. The van der Waals surface area contributed by atoms with Gasteiger partial charge in [0, 0.05) is 24.2 Å². The highest BCUT2D eigenvalue weighted by Crippen LogP contribution is 2.68. The van der Waals surface area contributed by atoms with E-state index in [1.54, 1.807) is 0 Å². The molecule has 4 aliphatic carbocycles. The van der Waals surface area contributed by atoms with Crippen LogP contribution >= 0.6 is 0 Å². The molecule has 0 amide bonds. The van der Waals surface area contributed by atoms with Gasteiger partial charge in [-0.15, -0.1) is 0 Å². The van der Waals surface area contributed by atoms with Crippen LogP contribution in [-0.2, 0) is 19.1 Å². The van der Waals surface area contributed by atoms with E-state index in [9.17, 15) is 14.4 Å². The van der Waals surface area contributed by atoms with Gasteiger partial charge in [-0.3, -0.25) is 9.59 Å². The normalized spacial score (nSPS) is 44.3. The number of hydrogen-bond donors (Lipinski definition) is 3. The highest BCUT2D eigenvalue weighted by molar-refractivity contribution is 5.81. The summed E-state index contributed by atoms with van der Waals surface area (Å²) in [5, 5.41) is 8.92. The molecule has 4 aliphatic rings. The Labute approximate surface area is 210 Å². The number of carbonyl (C=O) groups is 3. The molecule has 4 saturated carbocycles. The SMILES string of the molecule is CC(CCC=O)C1CCC2([NH3+])C3CCC4CC(OC(=O)C(N)CC(=O)O)CCC4(C)C3CCC12C. The maximum Gasteiger partial charge on any atom is 0.323 e. The van der Waals surface area contributed by atoms with Gasteiger partial charge < -0.3 is 26.1 Å². The second-order valence-electron chi connectivity index (χ2n) is 13.0. The van der Waals surface area contributed by atoms with Gasteiger partial charge in [-0.05, 0) is 86.9 Å². The quantitative estimate of drug-likeness (QED) is 0.352. The summed E-state index contributed by atoms with van der Waals surface area (Å²) in [7, 11) is 0. The minimum absolute atomic E-state index is 0.108. The lowest BCUT2D eigenvalue weighted by molar-refractivity contribution is -0.532. The first-order chi connectivity index (χ1) is 16.5. The molecule has 35 heavy (non-hydrogen) atoms. The van der Waals surface area contributed by atoms with Crippen molar-refractivity contribution in [1.29, 1.82) is 0 Å². The summed E-state index contributed by atoms with van der Waals surface area (Å²) in [6.07, 6.45) is 12.1. The van der Waals surface area contributed by atoms with Crippen molar-refractivity contribution in [3.8, 4) is 0 Å². The number of aldehydes is 1. The van der Waals surface area contributed by atoms with Crippen LogP contribution in [0.2, 0.25) is 0 Å². The summed E-state index contributed by atoms with van der Waals surface area (Å²) in [5.41, 5.74) is 11.4. The predicted octanol–water partition coefficient (Wildman–Crippen LogP) is 3.34. The Hall–Kier alpha value is -1.47. The summed E-state index contributed by atoms with van der Waals surface area (Å²) in [5.74, 6) is 1.35. The van der Waals surface area contributed by atoms with E-state index in [1.807, 2.05) is 0 Å². The predicted molar refractivity (Wildman–Crippen MR) is 132 cm³/mol. The van der Waals surface area contributed by atoms with Crippen molar-refractivity contribution >= 4 is 18.2 Å². The fourth-order valence-electron chi connectivity index (χ4n) is 9.51. The zero-order valence-electron chi connectivity index (χ0n) is 22.0. The molecule has 0 spiro atoms. The summed E-state index contributed by atoms with van der Waals surface area (Å²) < 4.78 is 5.70. The Bertz CT molecular complexity index is 834. The fourth-order valence-corrected chi connectivity index (χ4v) is 9.51. The average molecular weight is 492 g/mol. The van der Waals surface area contributed by atoms with E-state index >= 15 is 0 Å². The molecule has 0 heterocycles. The molecular weight excluding hydrogens is 444 g/mol. The number of fused-ring (bicyclic) bond motifs is 5. The number of nitrogens with two attached hydrogens (primary N) is 1. The van der Waals surface area contributed by atoms with Crippen LogP contribution in [0.15, 0.2) is 0 Å². The number of quaternary nitrogens is 1. The highest BCUT2D eigenvalue weighted by atomic mass is 16.5. The number of carboxylic acids is 1. The summed E-state index contributed by atoms with van der Waals surface area (Å²) in [6.45, 7) is 7.34. The van der Waals surface area contributed by atoms with E-state index in [0.717, 1.165) is 38.4 Å². The molecule has 10 atom stereocenters. The van der Waals surface area contributed by atoms with Gasteiger partial charge in [-0.25, -0.2) is 0 Å². The van der Waals surface area contributed by atoms with Crippen LogP contribution in [0.25, 0.3) is 0 Å². The number of rotatable bonds is 8. The Kier molecular flexibility index (Phi) is 7.42. The largest absolute Gasteiger partial charge is 0.481 e. The van der Waals surface area contributed by atoms with Crippen molar-refractivity contribution in [3.05, 3.63) is 0 Å². The van der Waals surface area contributed by atoms with Gasteiger partial charge in [-0.1, -0.05) is 20.8 Å². The Morgan fingerprint density at radius 1 is 1.11 bits per heavy atom. The van der Waals surface area contributed by atoms with Crippen LogP contribution < -0.4 is 11.5 Å². The Balaban J connectivity index is 1.45. The second kappa shape index (κ2) is 9.77. The van der Waals surface area contributed by atoms with Crippen LogP contribution in [0.5, 0.6) is 0 Å². The molecule has 0 aliphatic heterocycles. The molecule has 10 unspecified atom stereocenters. The number of carboxylic acid groups (broad SMARTS) is 1. The molecule has 0 aromatic carbocycles. The molecule has 0 saturated heterocycles. The van der Waals surface area contributed by atoms with Gasteiger partial charge in [0.25, 0.3) is 0 Å². The average Bonchev–Trinajstić information content (AvgIpc) is 3.08. The van der Waals surface area contributed by atoms with Crippen molar-refractivity contribution in [1.82, 2.24) is 0 Å². The maximum atomic E-state index is 12.3. The first-order valence-electron chi connectivity index (χ1n) is 13.9.